The molecule has 5 amide bonds. The van der Waals surface area contributed by atoms with E-state index in [9.17, 15) is 62.9 Å². The summed E-state index contributed by atoms with van der Waals surface area (Å²) in [5.41, 5.74) is -0.0206. The number of rotatable bonds is 47. The van der Waals surface area contributed by atoms with Crippen molar-refractivity contribution in [2.75, 3.05) is 79.1 Å². The number of hydrogen-bond acceptors (Lipinski definition) is 18. The molecule has 0 spiro atoms. The number of carboxylic acid groups (broad SMARTS) is 3. The van der Waals surface area contributed by atoms with Gasteiger partial charge in [-0.3, -0.25) is 33.9 Å². The summed E-state index contributed by atoms with van der Waals surface area (Å²) in [6, 6.07) is 2.46. The zero-order valence-corrected chi connectivity index (χ0v) is 49.4. The number of nitrogens with two attached hydrogens (primary N) is 1. The molecule has 0 aromatic heterocycles. The molecule has 0 saturated heterocycles. The number of aromatic hydroxyl groups is 1. The molecule has 466 valence electrons. The summed E-state index contributed by atoms with van der Waals surface area (Å²) >= 11 is 6.56. The Kier molecular flexibility index (Phi) is 62.0. The number of alkyl halides is 1. The molecule has 24 nitrogen and oxygen atoms in total. The molecular formula is C53H94BFN6O18S2. The van der Waals surface area contributed by atoms with Crippen LogP contribution in [0.1, 0.15) is 148 Å². The molecule has 3 atom stereocenters. The number of phenolic OH excluding ortho intramolecular Hbond substituents is 1. The van der Waals surface area contributed by atoms with Crippen LogP contribution in [0.15, 0.2) is 24.3 Å². The quantitative estimate of drug-likeness (QED) is 0.0251. The Balaban J connectivity index is -0.00000310. The fourth-order valence-electron chi connectivity index (χ4n) is 7.04. The highest BCUT2D eigenvalue weighted by molar-refractivity contribution is 7.79. The molecule has 0 aliphatic rings. The first-order chi connectivity index (χ1) is 39.0. The standard InChI is InChI=1S/C49H78BN5O17.C2H6.CH3FO.CH4S.H3NS/c50-47(64)40(33-36-17-19-37(56)20-18-36)55-45(61)35-72-32-30-70-28-26-52-44(60)34-71-31-29-69-27-25-51-41(57)23-21-38(48(65)66)54-43(59)24-22-39(49(67)68)53-42(58)15-13-11-9-7-5-3-1-2-4-6-8-10-12-14-16-46(62)63;1-2;2-1-3;2*1-2/h17-20,38-40,56H,1-16,21-35H2,(H,51,57)(H,52,60)(H,53,58)(H,54,59)(H,55,61)(H,62,63)(H,65,66)(H,67,68);1-2H3;3H,1H2;2H,1H3;2H,1H2/t38-,39?,40?;;;;/m0..../s1. The number of carbonyl (C=O) groups is 9. The predicted octanol–water partition coefficient (Wildman–Crippen LogP) is 3.71. The van der Waals surface area contributed by atoms with Crippen LogP contribution in [0.3, 0.4) is 0 Å². The van der Waals surface area contributed by atoms with Gasteiger partial charge in [0.1, 0.15) is 31.0 Å². The number of ether oxygens (including phenoxy) is 4. The van der Waals surface area contributed by atoms with Gasteiger partial charge in [-0.05, 0) is 56.1 Å². The first-order valence-electron chi connectivity index (χ1n) is 27.3. The number of carbonyl (C=O) groups excluding carboxylic acids is 6. The lowest BCUT2D eigenvalue weighted by Gasteiger charge is -2.17. The highest BCUT2D eigenvalue weighted by Crippen LogP contribution is 2.15. The number of halogens is 1. The fraction of sp³-hybridized carbons (Fsp3) is 0.717. The van der Waals surface area contributed by atoms with Crippen LogP contribution in [0.25, 0.3) is 0 Å². The number of benzene rings is 1. The summed E-state index contributed by atoms with van der Waals surface area (Å²) in [5.74, 6) is -5.95. The Morgan fingerprint density at radius 2 is 0.864 bits per heavy atom. The van der Waals surface area contributed by atoms with E-state index in [2.05, 4.69) is 57.2 Å². The minimum absolute atomic E-state index is 0.0689. The number of unbranched alkanes of at least 4 members (excludes halogenated alkanes) is 13. The van der Waals surface area contributed by atoms with E-state index in [1.165, 1.54) is 37.8 Å². The number of hydrogen-bond donors (Lipinski definition) is 13. The number of phenols is 1. The molecular weight excluding hydrogens is 1100 g/mol. The lowest BCUT2D eigenvalue weighted by molar-refractivity contribution is -0.143. The Morgan fingerprint density at radius 3 is 1.27 bits per heavy atom. The number of nitrogens with one attached hydrogen (secondary N) is 5. The molecule has 81 heavy (non-hydrogen) atoms. The third kappa shape index (κ3) is 56.6. The number of thiol groups is 2. The second kappa shape index (κ2) is 61.0. The van der Waals surface area contributed by atoms with Gasteiger partial charge in [-0.1, -0.05) is 103 Å². The van der Waals surface area contributed by atoms with Crippen LogP contribution in [-0.2, 0) is 68.5 Å². The molecule has 0 bridgehead atoms. The molecule has 12 N–H and O–H groups in total. The van der Waals surface area contributed by atoms with Gasteiger partial charge in [-0.25, -0.2) is 14.0 Å². The third-order valence-corrected chi connectivity index (χ3v) is 11.0. The van der Waals surface area contributed by atoms with Gasteiger partial charge in [-0.15, -0.1) is 12.8 Å². The van der Waals surface area contributed by atoms with E-state index in [0.29, 0.717) is 12.0 Å². The van der Waals surface area contributed by atoms with Crippen molar-refractivity contribution in [1.82, 2.24) is 26.6 Å². The summed E-state index contributed by atoms with van der Waals surface area (Å²) in [7, 11) is 5.39. The van der Waals surface area contributed by atoms with Crippen molar-refractivity contribution < 1.29 is 92.0 Å². The van der Waals surface area contributed by atoms with Crippen molar-refractivity contribution in [3.8, 4) is 5.75 Å². The van der Waals surface area contributed by atoms with Crippen LogP contribution in [0, 0.1) is 0 Å². The van der Waals surface area contributed by atoms with Gasteiger partial charge in [0.25, 0.3) is 0 Å². The van der Waals surface area contributed by atoms with Gasteiger partial charge in [0.2, 0.25) is 29.5 Å². The highest BCUT2D eigenvalue weighted by atomic mass is 32.1. The van der Waals surface area contributed by atoms with Crippen molar-refractivity contribution in [2.24, 2.45) is 5.14 Å². The van der Waals surface area contributed by atoms with Gasteiger partial charge in [0.15, 0.2) is 14.7 Å². The topological polar surface area (TPSA) is 378 Å². The fourth-order valence-corrected chi connectivity index (χ4v) is 7.04. The van der Waals surface area contributed by atoms with Crippen LogP contribution >= 0.6 is 25.4 Å². The van der Waals surface area contributed by atoms with Gasteiger partial charge < -0.3 is 75.9 Å². The van der Waals surface area contributed by atoms with Crippen molar-refractivity contribution in [3.63, 3.8) is 0 Å². The molecule has 2 radical (unpaired) electrons. The van der Waals surface area contributed by atoms with Crippen LogP contribution in [0.5, 0.6) is 5.75 Å². The smallest absolute Gasteiger partial charge is 0.326 e. The number of amides is 5. The van der Waals surface area contributed by atoms with E-state index in [1.807, 2.05) is 13.8 Å². The van der Waals surface area contributed by atoms with E-state index in [-0.39, 0.29) is 117 Å². The highest BCUT2D eigenvalue weighted by Gasteiger charge is 2.25. The zero-order chi connectivity index (χ0) is 61.9. The molecule has 0 fully saturated rings. The maximum atomic E-state index is 12.5. The zero-order valence-electron chi connectivity index (χ0n) is 47.6. The van der Waals surface area contributed by atoms with Crippen LogP contribution in [0.4, 0.5) is 4.39 Å². The lowest BCUT2D eigenvalue weighted by atomic mass is 9.90. The molecule has 0 aliphatic heterocycles. The lowest BCUT2D eigenvalue weighted by Crippen LogP contribution is -2.44. The first kappa shape index (κ1) is 82.4. The SMILES string of the molecule is CC.CS.NS.OCF.[B]C(=O)C(Cc1ccc(O)cc1)NC(=O)COCCOCCNC(=O)COCCOCCNC(=O)CC[C@H](NC(=O)CCC(NC(=O)CCCCCCCCCCCCCCCCC(=O)O)C(=O)O)C(=O)O. The summed E-state index contributed by atoms with van der Waals surface area (Å²) in [6.07, 6.45) is 15.6. The molecule has 0 saturated carbocycles. The van der Waals surface area contributed by atoms with Crippen molar-refractivity contribution in [1.29, 1.82) is 0 Å². The minimum Gasteiger partial charge on any atom is -0.508 e. The number of aliphatic hydroxyl groups is 1. The number of carboxylic acids is 3. The third-order valence-electron chi connectivity index (χ3n) is 11.0. The molecule has 1 rings (SSSR count). The second-order valence-corrected chi connectivity index (χ2v) is 17.4. The van der Waals surface area contributed by atoms with E-state index in [0.717, 1.165) is 57.8 Å². The maximum absolute atomic E-state index is 12.5. The molecule has 28 heteroatoms. The second-order valence-electron chi connectivity index (χ2n) is 17.4. The van der Waals surface area contributed by atoms with Crippen molar-refractivity contribution >= 4 is 86.4 Å². The van der Waals surface area contributed by atoms with Crippen LogP contribution in [0.2, 0.25) is 0 Å². The Morgan fingerprint density at radius 1 is 0.519 bits per heavy atom. The summed E-state index contributed by atoms with van der Waals surface area (Å²) in [5, 5.41) is 60.8. The largest absolute Gasteiger partial charge is 0.508 e. The van der Waals surface area contributed by atoms with Gasteiger partial charge >= 0.3 is 17.9 Å². The summed E-state index contributed by atoms with van der Waals surface area (Å²) < 4.78 is 31.1. The predicted molar refractivity (Wildman–Crippen MR) is 311 cm³/mol. The average Bonchev–Trinajstić information content (AvgIpc) is 3.45. The number of aliphatic hydroxyl groups excluding tert-OH is 1. The van der Waals surface area contributed by atoms with E-state index in [1.54, 1.807) is 18.4 Å². The average molecular weight is 1200 g/mol. The van der Waals surface area contributed by atoms with Crippen molar-refractivity contribution in [3.05, 3.63) is 29.8 Å². The normalized spacial score (nSPS) is 11.3. The number of aliphatic carboxylic acids is 3. The molecule has 1 aromatic rings. The van der Waals surface area contributed by atoms with Gasteiger partial charge in [-0.2, -0.15) is 12.6 Å². The van der Waals surface area contributed by atoms with Gasteiger partial charge in [0.05, 0.1) is 51.4 Å². The van der Waals surface area contributed by atoms with E-state index in [4.69, 9.17) is 37.0 Å². The van der Waals surface area contributed by atoms with E-state index >= 15 is 0 Å². The summed E-state index contributed by atoms with van der Waals surface area (Å²) in [6.45, 7) is 3.19. The van der Waals surface area contributed by atoms with Gasteiger partial charge in [0, 0.05) is 38.8 Å². The van der Waals surface area contributed by atoms with Crippen LogP contribution in [-0.4, -0.2) is 184 Å². The Bertz CT molecular complexity index is 1800. The summed E-state index contributed by atoms with van der Waals surface area (Å²) in [4.78, 5) is 107. The Hall–Kier alpha value is -5.10. The monoisotopic (exact) mass is 1200 g/mol. The molecule has 0 heterocycles. The molecule has 0 aliphatic carbocycles. The van der Waals surface area contributed by atoms with Crippen LogP contribution < -0.4 is 31.7 Å². The van der Waals surface area contributed by atoms with Crippen molar-refractivity contribution in [2.45, 2.75) is 167 Å². The van der Waals surface area contributed by atoms with E-state index < -0.39 is 78.1 Å². The maximum Gasteiger partial charge on any atom is 0.326 e. The minimum atomic E-state index is -1.40. The first-order valence-corrected chi connectivity index (χ1v) is 28.7. The Labute approximate surface area is 489 Å². The molecule has 2 unspecified atom stereocenters. The molecule has 1 aromatic carbocycles.